The number of carbonyl (C=O) groups excluding carboxylic acids is 3. The van der Waals surface area contributed by atoms with E-state index in [9.17, 15) is 14.4 Å². The maximum atomic E-state index is 11.8. The molecule has 0 unspecified atom stereocenters. The summed E-state index contributed by atoms with van der Waals surface area (Å²) in [4.78, 5) is 37.5. The molecule has 2 heterocycles. The molecule has 24 heavy (non-hydrogen) atoms. The molecule has 0 spiro atoms. The standard InChI is InChI=1S/C16H19NO5S2/c1-21-16(20)10-14-17(13(18)11-24-14)7-3-8-22-15(19)6-5-12-4-2-9-23-12/h2,4,9-10H,3,5-8,11H2,1H3/b14-10+. The molecule has 130 valence electrons. The second-order valence-electron chi connectivity index (χ2n) is 4.99. The van der Waals surface area contributed by atoms with E-state index in [1.54, 1.807) is 11.3 Å². The second kappa shape index (κ2) is 9.48. The van der Waals surface area contributed by atoms with Gasteiger partial charge in [-0.05, 0) is 24.3 Å². The first-order chi connectivity index (χ1) is 11.6. The van der Waals surface area contributed by atoms with Gasteiger partial charge in [0.1, 0.15) is 0 Å². The number of hydrogen-bond acceptors (Lipinski definition) is 7. The Bertz CT molecular complexity index is 612. The first-order valence-corrected chi connectivity index (χ1v) is 9.37. The Hall–Kier alpha value is -1.80. The summed E-state index contributed by atoms with van der Waals surface area (Å²) in [6.07, 6.45) is 2.87. The second-order valence-corrected chi connectivity index (χ2v) is 7.02. The molecule has 6 nitrogen and oxygen atoms in total. The van der Waals surface area contributed by atoms with Crippen molar-refractivity contribution in [3.8, 4) is 0 Å². The van der Waals surface area contributed by atoms with Crippen molar-refractivity contribution < 1.29 is 23.9 Å². The first-order valence-electron chi connectivity index (χ1n) is 7.51. The molecule has 1 aromatic rings. The Kier molecular flexibility index (Phi) is 7.33. The minimum atomic E-state index is -0.489. The van der Waals surface area contributed by atoms with E-state index < -0.39 is 5.97 Å². The summed E-state index contributed by atoms with van der Waals surface area (Å²) >= 11 is 2.92. The predicted molar refractivity (Wildman–Crippen MR) is 92.5 cm³/mol. The largest absolute Gasteiger partial charge is 0.466 e. The van der Waals surface area contributed by atoms with Gasteiger partial charge in [-0.2, -0.15) is 0 Å². The van der Waals surface area contributed by atoms with Crippen molar-refractivity contribution in [2.45, 2.75) is 19.3 Å². The molecule has 1 fully saturated rings. The lowest BCUT2D eigenvalue weighted by atomic mass is 10.3. The molecule has 0 aromatic carbocycles. The molecule has 0 radical (unpaired) electrons. The number of nitrogens with zero attached hydrogens (tertiary/aromatic N) is 1. The van der Waals surface area contributed by atoms with Crippen LogP contribution in [0.5, 0.6) is 0 Å². The lowest BCUT2D eigenvalue weighted by Gasteiger charge is -2.16. The van der Waals surface area contributed by atoms with Gasteiger partial charge >= 0.3 is 11.9 Å². The maximum absolute atomic E-state index is 11.8. The number of amides is 1. The molecule has 1 aromatic heterocycles. The summed E-state index contributed by atoms with van der Waals surface area (Å²) in [7, 11) is 1.29. The third-order valence-corrected chi connectivity index (χ3v) is 5.26. The van der Waals surface area contributed by atoms with Crippen LogP contribution in [-0.2, 0) is 30.3 Å². The van der Waals surface area contributed by atoms with E-state index in [-0.39, 0.29) is 18.5 Å². The van der Waals surface area contributed by atoms with Gasteiger partial charge in [0.05, 0.1) is 37.0 Å². The van der Waals surface area contributed by atoms with Crippen LogP contribution in [0.25, 0.3) is 0 Å². The molecule has 2 rings (SSSR count). The molecule has 0 bridgehead atoms. The number of thiophene rings is 1. The Morgan fingerprint density at radius 2 is 2.25 bits per heavy atom. The van der Waals surface area contributed by atoms with E-state index in [0.29, 0.717) is 36.6 Å². The minimum Gasteiger partial charge on any atom is -0.466 e. The molecule has 1 amide bonds. The molecule has 0 N–H and O–H groups in total. The quantitative estimate of drug-likeness (QED) is 0.397. The van der Waals surface area contributed by atoms with Gasteiger partial charge in [0.25, 0.3) is 0 Å². The molecule has 1 aliphatic rings. The molecular formula is C16H19NO5S2. The summed E-state index contributed by atoms with van der Waals surface area (Å²) in [6.45, 7) is 0.663. The third kappa shape index (κ3) is 5.68. The molecule has 0 atom stereocenters. The van der Waals surface area contributed by atoms with Crippen molar-refractivity contribution in [3.05, 3.63) is 33.5 Å². The Morgan fingerprint density at radius 3 is 2.96 bits per heavy atom. The van der Waals surface area contributed by atoms with Crippen LogP contribution in [0.15, 0.2) is 28.6 Å². The average molecular weight is 369 g/mol. The van der Waals surface area contributed by atoms with E-state index in [2.05, 4.69) is 4.74 Å². The van der Waals surface area contributed by atoms with E-state index in [1.165, 1.54) is 29.8 Å². The fourth-order valence-electron chi connectivity index (χ4n) is 2.09. The highest BCUT2D eigenvalue weighted by atomic mass is 32.2. The summed E-state index contributed by atoms with van der Waals surface area (Å²) in [5, 5.41) is 2.56. The molecule has 8 heteroatoms. The minimum absolute atomic E-state index is 0.0563. The molecular weight excluding hydrogens is 350 g/mol. The average Bonchev–Trinajstić information content (AvgIpc) is 3.20. The number of esters is 2. The molecule has 1 aliphatic heterocycles. The summed E-state index contributed by atoms with van der Waals surface area (Å²) in [5.74, 6) is -0.476. The zero-order chi connectivity index (χ0) is 17.4. The first kappa shape index (κ1) is 18.5. The summed E-state index contributed by atoms with van der Waals surface area (Å²) < 4.78 is 9.76. The predicted octanol–water partition coefficient (Wildman–Crippen LogP) is 2.20. The van der Waals surface area contributed by atoms with E-state index >= 15 is 0 Å². The number of aryl methyl sites for hydroxylation is 1. The lowest BCUT2D eigenvalue weighted by molar-refractivity contribution is -0.143. The zero-order valence-corrected chi connectivity index (χ0v) is 15.0. The smallest absolute Gasteiger partial charge is 0.333 e. The summed E-state index contributed by atoms with van der Waals surface area (Å²) in [5.41, 5.74) is 0. The molecule has 0 saturated carbocycles. The highest BCUT2D eigenvalue weighted by Gasteiger charge is 2.26. The lowest BCUT2D eigenvalue weighted by Crippen LogP contribution is -2.27. The monoisotopic (exact) mass is 369 g/mol. The van der Waals surface area contributed by atoms with Crippen LogP contribution < -0.4 is 0 Å². The van der Waals surface area contributed by atoms with Gasteiger partial charge in [-0.25, -0.2) is 4.79 Å². The van der Waals surface area contributed by atoms with Crippen molar-refractivity contribution in [1.82, 2.24) is 4.90 Å². The van der Waals surface area contributed by atoms with Crippen LogP contribution in [0.2, 0.25) is 0 Å². The molecule has 0 aliphatic carbocycles. The van der Waals surface area contributed by atoms with Crippen molar-refractivity contribution in [1.29, 1.82) is 0 Å². The van der Waals surface area contributed by atoms with Gasteiger partial charge in [0.15, 0.2) is 0 Å². The van der Waals surface area contributed by atoms with Gasteiger partial charge in [-0.1, -0.05) is 17.8 Å². The van der Waals surface area contributed by atoms with Crippen LogP contribution in [0.3, 0.4) is 0 Å². The molecule has 1 saturated heterocycles. The normalized spacial score (nSPS) is 15.8. The number of methoxy groups -OCH3 is 1. The van der Waals surface area contributed by atoms with Gasteiger partial charge in [-0.3, -0.25) is 9.59 Å². The fraction of sp³-hybridized carbons (Fsp3) is 0.438. The van der Waals surface area contributed by atoms with Crippen LogP contribution in [-0.4, -0.2) is 48.8 Å². The highest BCUT2D eigenvalue weighted by Crippen LogP contribution is 2.28. The van der Waals surface area contributed by atoms with Crippen LogP contribution in [0, 0.1) is 0 Å². The van der Waals surface area contributed by atoms with Gasteiger partial charge in [0, 0.05) is 11.4 Å². The van der Waals surface area contributed by atoms with E-state index in [0.717, 1.165) is 4.88 Å². The Morgan fingerprint density at radius 1 is 1.42 bits per heavy atom. The fourth-order valence-corrected chi connectivity index (χ4v) is 3.75. The van der Waals surface area contributed by atoms with E-state index in [4.69, 9.17) is 4.74 Å². The van der Waals surface area contributed by atoms with Crippen molar-refractivity contribution in [2.75, 3.05) is 26.0 Å². The number of thioether (sulfide) groups is 1. The highest BCUT2D eigenvalue weighted by molar-refractivity contribution is 8.04. The van der Waals surface area contributed by atoms with Crippen LogP contribution in [0.1, 0.15) is 17.7 Å². The van der Waals surface area contributed by atoms with Crippen molar-refractivity contribution in [3.63, 3.8) is 0 Å². The van der Waals surface area contributed by atoms with E-state index in [1.807, 2.05) is 17.5 Å². The van der Waals surface area contributed by atoms with Gasteiger partial charge < -0.3 is 14.4 Å². The Balaban J connectivity index is 1.68. The maximum Gasteiger partial charge on any atom is 0.333 e. The third-order valence-electron chi connectivity index (χ3n) is 3.30. The van der Waals surface area contributed by atoms with Crippen LogP contribution in [0.4, 0.5) is 0 Å². The van der Waals surface area contributed by atoms with Crippen molar-refractivity contribution in [2.24, 2.45) is 0 Å². The van der Waals surface area contributed by atoms with Crippen molar-refractivity contribution >= 4 is 40.9 Å². The number of rotatable bonds is 8. The van der Waals surface area contributed by atoms with Gasteiger partial charge in [-0.15, -0.1) is 11.3 Å². The number of ether oxygens (including phenoxy) is 2. The SMILES string of the molecule is COC(=O)/C=C1/SCC(=O)N1CCCOC(=O)CCc1cccs1. The number of hydrogen-bond donors (Lipinski definition) is 0. The zero-order valence-electron chi connectivity index (χ0n) is 13.4. The Labute approximate surface area is 148 Å². The van der Waals surface area contributed by atoms with Gasteiger partial charge in [0.2, 0.25) is 5.91 Å². The number of carbonyl (C=O) groups is 3. The topological polar surface area (TPSA) is 72.9 Å². The summed E-state index contributed by atoms with van der Waals surface area (Å²) in [6, 6.07) is 3.94. The van der Waals surface area contributed by atoms with Crippen LogP contribution >= 0.6 is 23.1 Å².